The van der Waals surface area contributed by atoms with E-state index in [1.54, 1.807) is 0 Å². The third-order valence-corrected chi connectivity index (χ3v) is 4.40. The highest BCUT2D eigenvalue weighted by atomic mass is 16.3. The van der Waals surface area contributed by atoms with E-state index in [1.165, 1.54) is 42.5 Å². The molecule has 1 saturated heterocycles. The number of rotatable bonds is 1. The number of aryl methyl sites for hydroxylation is 1. The molecule has 0 N–H and O–H groups in total. The Hall–Kier alpha value is -1.70. The number of benzene rings is 1. The van der Waals surface area contributed by atoms with Gasteiger partial charge in [-0.15, -0.1) is 0 Å². The van der Waals surface area contributed by atoms with Gasteiger partial charge in [0.15, 0.2) is 0 Å². The fourth-order valence-corrected chi connectivity index (χ4v) is 3.34. The molecule has 2 aromatic rings. The van der Waals surface area contributed by atoms with E-state index in [2.05, 4.69) is 36.2 Å². The van der Waals surface area contributed by atoms with Crippen LogP contribution in [-0.2, 0) is 0 Å². The van der Waals surface area contributed by atoms with Crippen molar-refractivity contribution >= 4 is 16.5 Å². The summed E-state index contributed by atoms with van der Waals surface area (Å²) in [5.74, 6) is 1.82. The topological polar surface area (TPSA) is 16.4 Å². The molecule has 0 amide bonds. The van der Waals surface area contributed by atoms with Crippen molar-refractivity contribution in [3.05, 3.63) is 41.8 Å². The summed E-state index contributed by atoms with van der Waals surface area (Å²) >= 11 is 0. The van der Waals surface area contributed by atoms with Crippen LogP contribution in [-0.4, -0.2) is 18.0 Å². The zero-order valence-electron chi connectivity index (χ0n) is 10.6. The molecular weight excluding hydrogens is 222 g/mol. The summed E-state index contributed by atoms with van der Waals surface area (Å²) in [6.45, 7) is 4.61. The van der Waals surface area contributed by atoms with Gasteiger partial charge in [-0.25, -0.2) is 0 Å². The second-order valence-corrected chi connectivity index (χ2v) is 5.45. The lowest BCUT2D eigenvalue weighted by atomic mass is 9.84. The van der Waals surface area contributed by atoms with Crippen LogP contribution in [0.2, 0.25) is 0 Å². The van der Waals surface area contributed by atoms with E-state index in [0.29, 0.717) is 5.92 Å². The molecule has 2 heteroatoms. The van der Waals surface area contributed by atoms with E-state index in [4.69, 9.17) is 4.42 Å². The molecule has 3 aliphatic heterocycles. The van der Waals surface area contributed by atoms with Gasteiger partial charge in [0.1, 0.15) is 11.3 Å². The molecule has 18 heavy (non-hydrogen) atoms. The Morgan fingerprint density at radius 2 is 1.94 bits per heavy atom. The molecule has 2 nitrogen and oxygen atoms in total. The van der Waals surface area contributed by atoms with Gasteiger partial charge in [0.05, 0.1) is 0 Å². The van der Waals surface area contributed by atoms with Crippen molar-refractivity contribution in [1.29, 1.82) is 0 Å². The van der Waals surface area contributed by atoms with Crippen LogP contribution in [0.5, 0.6) is 0 Å². The van der Waals surface area contributed by atoms with Crippen LogP contribution in [0, 0.1) is 12.8 Å². The van der Waals surface area contributed by atoms with Crippen LogP contribution < -0.4 is 0 Å². The monoisotopic (exact) mass is 239 g/mol. The molecule has 1 fully saturated rings. The van der Waals surface area contributed by atoms with Crippen LogP contribution in [0.4, 0.5) is 0 Å². The first-order valence-corrected chi connectivity index (χ1v) is 6.77. The SMILES string of the molecule is Cc1c(C2=CN3CCC2CC3)oc2ccccc12. The predicted molar refractivity (Wildman–Crippen MR) is 73.2 cm³/mol. The first kappa shape index (κ1) is 10.2. The second-order valence-electron chi connectivity index (χ2n) is 5.45. The maximum absolute atomic E-state index is 6.10. The Morgan fingerprint density at radius 3 is 2.61 bits per heavy atom. The molecule has 1 aromatic heterocycles. The van der Waals surface area contributed by atoms with E-state index in [9.17, 15) is 0 Å². The fourth-order valence-electron chi connectivity index (χ4n) is 3.34. The van der Waals surface area contributed by atoms with Gasteiger partial charge in [0.2, 0.25) is 0 Å². The summed E-state index contributed by atoms with van der Waals surface area (Å²) in [5.41, 5.74) is 3.73. The number of fused-ring (bicyclic) bond motifs is 3. The first-order valence-electron chi connectivity index (χ1n) is 6.77. The summed E-state index contributed by atoms with van der Waals surface area (Å²) in [6.07, 6.45) is 4.88. The average molecular weight is 239 g/mol. The van der Waals surface area contributed by atoms with Crippen LogP contribution in [0.1, 0.15) is 24.2 Å². The Balaban J connectivity index is 1.90. The van der Waals surface area contributed by atoms with Gasteiger partial charge in [-0.2, -0.15) is 0 Å². The summed E-state index contributed by atoms with van der Waals surface area (Å²) in [5, 5.41) is 1.25. The fraction of sp³-hybridized carbons (Fsp3) is 0.375. The number of para-hydroxylation sites is 1. The van der Waals surface area contributed by atoms with Crippen LogP contribution in [0.25, 0.3) is 16.5 Å². The lowest BCUT2D eigenvalue weighted by Crippen LogP contribution is -2.35. The van der Waals surface area contributed by atoms with E-state index < -0.39 is 0 Å². The standard InChI is InChI=1S/C16H17NO/c1-11-13-4-2-3-5-15(13)18-16(11)14-10-17-8-6-12(14)7-9-17/h2-5,10,12H,6-9H2,1H3. The lowest BCUT2D eigenvalue weighted by molar-refractivity contribution is 0.250. The van der Waals surface area contributed by atoms with Gasteiger partial charge in [-0.05, 0) is 31.7 Å². The van der Waals surface area contributed by atoms with Crippen molar-refractivity contribution in [2.45, 2.75) is 19.8 Å². The molecule has 0 radical (unpaired) electrons. The summed E-state index contributed by atoms with van der Waals surface area (Å²) < 4.78 is 6.10. The summed E-state index contributed by atoms with van der Waals surface area (Å²) in [7, 11) is 0. The van der Waals surface area contributed by atoms with Crippen LogP contribution >= 0.6 is 0 Å². The average Bonchev–Trinajstić information content (AvgIpc) is 2.78. The third-order valence-electron chi connectivity index (χ3n) is 4.40. The van der Waals surface area contributed by atoms with Gasteiger partial charge in [-0.1, -0.05) is 18.2 Å². The minimum atomic E-state index is 0.703. The van der Waals surface area contributed by atoms with Crippen LogP contribution in [0.3, 0.4) is 0 Å². The number of hydrogen-bond acceptors (Lipinski definition) is 2. The molecule has 3 aliphatic rings. The smallest absolute Gasteiger partial charge is 0.136 e. The van der Waals surface area contributed by atoms with Crippen molar-refractivity contribution in [2.75, 3.05) is 13.1 Å². The number of hydrogen-bond donors (Lipinski definition) is 0. The quantitative estimate of drug-likeness (QED) is 0.752. The lowest BCUT2D eigenvalue weighted by Gasteiger charge is -2.38. The largest absolute Gasteiger partial charge is 0.456 e. The Labute approximate surface area is 107 Å². The molecule has 4 heterocycles. The Morgan fingerprint density at radius 1 is 1.17 bits per heavy atom. The maximum atomic E-state index is 6.10. The van der Waals surface area contributed by atoms with Crippen molar-refractivity contribution in [1.82, 2.24) is 4.90 Å². The molecule has 2 bridgehead atoms. The number of furan rings is 1. The highest BCUT2D eigenvalue weighted by Gasteiger charge is 2.30. The van der Waals surface area contributed by atoms with Crippen molar-refractivity contribution in [3.63, 3.8) is 0 Å². The molecule has 1 aromatic carbocycles. The van der Waals surface area contributed by atoms with Gasteiger partial charge >= 0.3 is 0 Å². The minimum absolute atomic E-state index is 0.703. The Kier molecular flexibility index (Phi) is 2.07. The Bertz CT molecular complexity index is 630. The van der Waals surface area contributed by atoms with Gasteiger partial charge in [0.25, 0.3) is 0 Å². The van der Waals surface area contributed by atoms with Crippen LogP contribution in [0.15, 0.2) is 34.9 Å². The van der Waals surface area contributed by atoms with Crippen molar-refractivity contribution < 1.29 is 4.42 Å². The van der Waals surface area contributed by atoms with E-state index >= 15 is 0 Å². The van der Waals surface area contributed by atoms with E-state index in [1.807, 2.05) is 6.07 Å². The second kappa shape index (κ2) is 3.64. The molecule has 92 valence electrons. The van der Waals surface area contributed by atoms with E-state index in [0.717, 1.165) is 11.3 Å². The first-order chi connectivity index (χ1) is 8.83. The predicted octanol–water partition coefficient (Wildman–Crippen LogP) is 3.81. The van der Waals surface area contributed by atoms with Gasteiger partial charge in [0, 0.05) is 35.8 Å². The normalized spacial score (nSPS) is 19.6. The maximum Gasteiger partial charge on any atom is 0.136 e. The zero-order chi connectivity index (χ0) is 12.1. The zero-order valence-corrected chi connectivity index (χ0v) is 10.6. The molecule has 0 unspecified atom stereocenters. The number of nitrogens with zero attached hydrogens (tertiary/aromatic N) is 1. The van der Waals surface area contributed by atoms with Crippen molar-refractivity contribution in [3.8, 4) is 0 Å². The molecule has 0 saturated carbocycles. The minimum Gasteiger partial charge on any atom is -0.456 e. The molecule has 0 spiro atoms. The highest BCUT2D eigenvalue weighted by Crippen LogP contribution is 2.41. The van der Waals surface area contributed by atoms with Gasteiger partial charge in [-0.3, -0.25) is 0 Å². The van der Waals surface area contributed by atoms with E-state index in [-0.39, 0.29) is 0 Å². The van der Waals surface area contributed by atoms with Gasteiger partial charge < -0.3 is 9.32 Å². The molecular formula is C16H17NO. The number of piperidine rings is 1. The third kappa shape index (κ3) is 1.35. The number of allylic oxidation sites excluding steroid dienone is 1. The molecule has 0 aliphatic carbocycles. The summed E-state index contributed by atoms with van der Waals surface area (Å²) in [4.78, 5) is 2.43. The van der Waals surface area contributed by atoms with Crippen molar-refractivity contribution in [2.24, 2.45) is 5.92 Å². The molecule has 0 atom stereocenters. The molecule has 5 rings (SSSR count). The highest BCUT2D eigenvalue weighted by molar-refractivity contribution is 5.86. The summed E-state index contributed by atoms with van der Waals surface area (Å²) in [6, 6.07) is 8.34.